The molecule has 3 N–H and O–H groups in total. The Morgan fingerprint density at radius 1 is 1.10 bits per heavy atom. The van der Waals surface area contributed by atoms with E-state index < -0.39 is 11.9 Å². The lowest BCUT2D eigenvalue weighted by molar-refractivity contribution is -0.153. The van der Waals surface area contributed by atoms with Crippen molar-refractivity contribution in [3.05, 3.63) is 12.1 Å². The van der Waals surface area contributed by atoms with Gasteiger partial charge >= 0.3 is 11.9 Å². The van der Waals surface area contributed by atoms with E-state index in [-0.39, 0.29) is 5.08 Å². The van der Waals surface area contributed by atoms with E-state index in [1.807, 2.05) is 0 Å². The van der Waals surface area contributed by atoms with Crippen LogP contribution < -0.4 is 0 Å². The molecule has 1 heterocycles. The normalized spacial score (nSPS) is 9.20. The maximum absolute atomic E-state index is 8.58. The Morgan fingerprint density at radius 2 is 1.50 bits per heavy atom. The Morgan fingerprint density at radius 3 is 1.90 bits per heavy atom. The van der Waals surface area contributed by atoms with Crippen molar-refractivity contribution in [2.24, 2.45) is 0 Å². The third-order valence-corrected chi connectivity index (χ3v) is 0.712. The quantitative estimate of drug-likeness (QED) is 0.463. The number of aromatic nitrogens is 1. The second-order valence-corrected chi connectivity index (χ2v) is 1.43. The van der Waals surface area contributed by atoms with Crippen molar-refractivity contribution in [1.29, 1.82) is 0 Å². The SMILES string of the molecule is Oc1ccc(O)on(O)o1. The van der Waals surface area contributed by atoms with E-state index >= 15 is 0 Å². The summed E-state index contributed by atoms with van der Waals surface area (Å²) in [7, 11) is 0. The van der Waals surface area contributed by atoms with E-state index in [1.165, 1.54) is 0 Å². The van der Waals surface area contributed by atoms with Crippen molar-refractivity contribution in [3.8, 4) is 11.9 Å². The van der Waals surface area contributed by atoms with Gasteiger partial charge in [-0.3, -0.25) is 9.05 Å². The highest BCUT2D eigenvalue weighted by Gasteiger charge is 1.92. The first-order valence-corrected chi connectivity index (χ1v) is 2.33. The highest BCUT2D eigenvalue weighted by atomic mass is 16.9. The Kier molecular flexibility index (Phi) is 1.44. The van der Waals surface area contributed by atoms with Crippen LogP contribution in [0.25, 0.3) is 0 Å². The number of rotatable bonds is 0. The molecule has 0 unspecified atom stereocenters. The fourth-order valence-electron chi connectivity index (χ4n) is 0.382. The molecule has 0 atom stereocenters. The van der Waals surface area contributed by atoms with Crippen LogP contribution in [-0.4, -0.2) is 20.5 Å². The zero-order chi connectivity index (χ0) is 7.56. The summed E-state index contributed by atoms with van der Waals surface area (Å²) in [5.41, 5.74) is 0. The van der Waals surface area contributed by atoms with E-state index in [9.17, 15) is 0 Å². The van der Waals surface area contributed by atoms with Gasteiger partial charge < -0.3 is 15.4 Å². The molecule has 6 heteroatoms. The predicted octanol–water partition coefficient (Wildman–Crippen LogP) is 0.447. The van der Waals surface area contributed by atoms with Gasteiger partial charge in [-0.15, -0.1) is 0 Å². The molecule has 0 aromatic carbocycles. The van der Waals surface area contributed by atoms with Crippen LogP contribution in [0, 0.1) is 0 Å². The van der Waals surface area contributed by atoms with Crippen LogP contribution in [0.2, 0.25) is 0 Å². The Balaban J connectivity index is 3.28. The number of nitrogens with zero attached hydrogens (tertiary/aromatic N) is 1. The molecule has 0 bridgehead atoms. The number of aromatic hydroxyl groups is 2. The van der Waals surface area contributed by atoms with Crippen molar-refractivity contribution in [2.45, 2.75) is 0 Å². The summed E-state index contributed by atoms with van der Waals surface area (Å²) in [6.07, 6.45) is 0. The summed E-state index contributed by atoms with van der Waals surface area (Å²) in [4.78, 5) is 0. The fourth-order valence-corrected chi connectivity index (χ4v) is 0.382. The van der Waals surface area contributed by atoms with Gasteiger partial charge in [0.25, 0.3) is 0 Å². The smallest absolute Gasteiger partial charge is 0.311 e. The highest BCUT2D eigenvalue weighted by Crippen LogP contribution is 2.09. The lowest BCUT2D eigenvalue weighted by Gasteiger charge is -1.85. The van der Waals surface area contributed by atoms with E-state index in [4.69, 9.17) is 15.4 Å². The Hall–Kier alpha value is -1.72. The standard InChI is InChI=1S/C4H5NO5/c6-3-1-2-4(7)10-5(8)9-3/h1-2,6-8H. The fraction of sp³-hybridized carbons (Fsp3) is 0. The molecule has 0 saturated carbocycles. The first-order chi connectivity index (χ1) is 4.68. The van der Waals surface area contributed by atoms with Gasteiger partial charge in [-0.2, -0.15) is 0 Å². The van der Waals surface area contributed by atoms with Gasteiger partial charge in [0.15, 0.2) is 0 Å². The van der Waals surface area contributed by atoms with Gasteiger partial charge in [-0.1, -0.05) is 0 Å². The summed E-state index contributed by atoms with van der Waals surface area (Å²) in [5, 5.41) is 25.4. The molecule has 1 rings (SSSR count). The zero-order valence-corrected chi connectivity index (χ0v) is 4.76. The van der Waals surface area contributed by atoms with Gasteiger partial charge in [0.1, 0.15) is 5.08 Å². The summed E-state index contributed by atoms with van der Waals surface area (Å²) in [5.74, 6) is -1.18. The molecular formula is C4H5NO5. The highest BCUT2D eigenvalue weighted by molar-refractivity contribution is 5.05. The monoisotopic (exact) mass is 147 g/mol. The van der Waals surface area contributed by atoms with E-state index in [0.717, 1.165) is 12.1 Å². The molecule has 0 amide bonds. The van der Waals surface area contributed by atoms with Gasteiger partial charge in [-0.05, 0) is 0 Å². The van der Waals surface area contributed by atoms with E-state index in [2.05, 4.69) is 9.05 Å². The molecular weight excluding hydrogens is 142 g/mol. The minimum absolute atomic E-state index is 0.176. The molecule has 0 saturated heterocycles. The molecule has 0 aliphatic heterocycles. The molecule has 0 aliphatic carbocycles. The average molecular weight is 147 g/mol. The molecule has 6 nitrogen and oxygen atoms in total. The molecule has 1 aromatic heterocycles. The van der Waals surface area contributed by atoms with Crippen LogP contribution in [0.1, 0.15) is 0 Å². The third-order valence-electron chi connectivity index (χ3n) is 0.712. The summed E-state index contributed by atoms with van der Waals surface area (Å²) >= 11 is 0. The van der Waals surface area contributed by atoms with Crippen molar-refractivity contribution < 1.29 is 24.5 Å². The lowest BCUT2D eigenvalue weighted by atomic mass is 10.6. The van der Waals surface area contributed by atoms with E-state index in [0.29, 0.717) is 0 Å². The molecule has 0 radical (unpaired) electrons. The van der Waals surface area contributed by atoms with Crippen molar-refractivity contribution in [3.63, 3.8) is 0 Å². The predicted molar refractivity (Wildman–Crippen MR) is 27.1 cm³/mol. The van der Waals surface area contributed by atoms with Crippen LogP contribution in [0.4, 0.5) is 0 Å². The second-order valence-electron chi connectivity index (χ2n) is 1.43. The zero-order valence-electron chi connectivity index (χ0n) is 4.76. The van der Waals surface area contributed by atoms with Crippen molar-refractivity contribution in [2.75, 3.05) is 0 Å². The maximum Gasteiger partial charge on any atom is 0.311 e. The van der Waals surface area contributed by atoms with E-state index in [1.54, 1.807) is 0 Å². The average Bonchev–Trinajstić information content (AvgIpc) is 1.93. The number of hydrogen-bond donors (Lipinski definition) is 3. The summed E-state index contributed by atoms with van der Waals surface area (Å²) in [6, 6.07) is 2.01. The van der Waals surface area contributed by atoms with Crippen LogP contribution in [0.15, 0.2) is 21.2 Å². The van der Waals surface area contributed by atoms with Crippen LogP contribution in [0.5, 0.6) is 11.9 Å². The van der Waals surface area contributed by atoms with Crippen molar-refractivity contribution in [1.82, 2.24) is 5.08 Å². The molecule has 10 heavy (non-hydrogen) atoms. The summed E-state index contributed by atoms with van der Waals surface area (Å²) in [6.45, 7) is 0. The minimum atomic E-state index is -0.591. The largest absolute Gasteiger partial charge is 0.479 e. The number of hydrogen-bond acceptors (Lipinski definition) is 5. The molecule has 0 fully saturated rings. The topological polar surface area (TPSA) is 91.9 Å². The molecule has 0 aliphatic rings. The van der Waals surface area contributed by atoms with Gasteiger partial charge in [0, 0.05) is 12.1 Å². The second kappa shape index (κ2) is 2.26. The van der Waals surface area contributed by atoms with Gasteiger partial charge in [0.05, 0.1) is 0 Å². The Bertz CT molecular complexity index is 230. The maximum atomic E-state index is 8.58. The van der Waals surface area contributed by atoms with Gasteiger partial charge in [0.2, 0.25) is 0 Å². The minimum Gasteiger partial charge on any atom is -0.479 e. The molecule has 0 spiro atoms. The molecule has 1 aromatic rings. The summed E-state index contributed by atoms with van der Waals surface area (Å²) < 4.78 is 8.11. The van der Waals surface area contributed by atoms with Crippen LogP contribution in [-0.2, 0) is 0 Å². The first-order valence-electron chi connectivity index (χ1n) is 2.33. The molecule has 56 valence electrons. The Labute approximate surface area is 54.7 Å². The third kappa shape index (κ3) is 1.38. The van der Waals surface area contributed by atoms with Gasteiger partial charge in [-0.25, -0.2) is 0 Å². The van der Waals surface area contributed by atoms with Crippen LogP contribution in [0.3, 0.4) is 0 Å². The van der Waals surface area contributed by atoms with Crippen LogP contribution >= 0.6 is 0 Å². The van der Waals surface area contributed by atoms with Crippen molar-refractivity contribution >= 4 is 0 Å². The lowest BCUT2D eigenvalue weighted by Crippen LogP contribution is -1.83. The first kappa shape index (κ1) is 6.40.